The molecule has 1 atom stereocenters. The molecule has 1 aliphatic rings. The number of carbonyl (C=O) groups excluding carboxylic acids is 1. The Morgan fingerprint density at radius 3 is 2.64 bits per heavy atom. The van der Waals surface area contributed by atoms with E-state index in [2.05, 4.69) is 10.5 Å². The van der Waals surface area contributed by atoms with E-state index in [0.29, 0.717) is 37.0 Å². The van der Waals surface area contributed by atoms with Crippen molar-refractivity contribution in [1.82, 2.24) is 10.5 Å². The van der Waals surface area contributed by atoms with Gasteiger partial charge in [0, 0.05) is 11.6 Å². The van der Waals surface area contributed by atoms with Gasteiger partial charge in [-0.05, 0) is 30.2 Å². The fourth-order valence-electron chi connectivity index (χ4n) is 3.29. The molecule has 2 aromatic carbocycles. The van der Waals surface area contributed by atoms with Gasteiger partial charge in [0.2, 0.25) is 5.91 Å². The molecule has 6 nitrogen and oxygen atoms in total. The van der Waals surface area contributed by atoms with E-state index in [4.69, 9.17) is 14.0 Å². The molecule has 3 aromatic rings. The molecular formula is C22H22N2O4. The molecule has 144 valence electrons. The molecule has 0 saturated heterocycles. The first-order valence-corrected chi connectivity index (χ1v) is 9.43. The number of hydrogen-bond donors (Lipinski definition) is 1. The lowest BCUT2D eigenvalue weighted by Crippen LogP contribution is -2.28. The minimum absolute atomic E-state index is 0.0161. The van der Waals surface area contributed by atoms with E-state index in [-0.39, 0.29) is 11.8 Å². The van der Waals surface area contributed by atoms with E-state index in [0.717, 1.165) is 23.3 Å². The highest BCUT2D eigenvalue weighted by atomic mass is 16.6. The molecule has 0 spiro atoms. The summed E-state index contributed by atoms with van der Waals surface area (Å²) in [5, 5.41) is 7.03. The van der Waals surface area contributed by atoms with Crippen molar-refractivity contribution >= 4 is 5.91 Å². The number of rotatable bonds is 6. The van der Waals surface area contributed by atoms with Gasteiger partial charge in [-0.1, -0.05) is 42.4 Å². The summed E-state index contributed by atoms with van der Waals surface area (Å²) < 4.78 is 16.6. The van der Waals surface area contributed by atoms with Crippen LogP contribution in [0.4, 0.5) is 0 Å². The number of carbonyl (C=O) groups is 1. The molecule has 1 N–H and O–H groups in total. The van der Waals surface area contributed by atoms with Gasteiger partial charge in [-0.3, -0.25) is 4.79 Å². The van der Waals surface area contributed by atoms with E-state index in [1.165, 1.54) is 0 Å². The van der Waals surface area contributed by atoms with Crippen LogP contribution in [-0.4, -0.2) is 24.3 Å². The van der Waals surface area contributed by atoms with Gasteiger partial charge >= 0.3 is 0 Å². The fourth-order valence-corrected chi connectivity index (χ4v) is 3.29. The van der Waals surface area contributed by atoms with Crippen LogP contribution in [0.2, 0.25) is 0 Å². The average Bonchev–Trinajstić information content (AvgIpc) is 3.22. The summed E-state index contributed by atoms with van der Waals surface area (Å²) >= 11 is 0. The van der Waals surface area contributed by atoms with Crippen LogP contribution in [0, 0.1) is 0 Å². The largest absolute Gasteiger partial charge is 0.486 e. The number of ether oxygens (including phenoxy) is 2. The molecule has 0 radical (unpaired) electrons. The van der Waals surface area contributed by atoms with Crippen molar-refractivity contribution in [3.8, 4) is 22.8 Å². The van der Waals surface area contributed by atoms with Gasteiger partial charge in [0.05, 0.1) is 12.5 Å². The van der Waals surface area contributed by atoms with Gasteiger partial charge in [0.25, 0.3) is 0 Å². The molecule has 1 unspecified atom stereocenters. The maximum absolute atomic E-state index is 12.6. The zero-order valence-electron chi connectivity index (χ0n) is 15.7. The highest BCUT2D eigenvalue weighted by molar-refractivity contribution is 5.83. The number of aromatic nitrogens is 1. The van der Waals surface area contributed by atoms with Crippen molar-refractivity contribution in [3.63, 3.8) is 0 Å². The molecule has 0 fully saturated rings. The van der Waals surface area contributed by atoms with Crippen LogP contribution in [0.3, 0.4) is 0 Å². The Kier molecular flexibility index (Phi) is 5.28. The minimum atomic E-state index is -0.176. The summed E-state index contributed by atoms with van der Waals surface area (Å²) in [7, 11) is 0. The highest BCUT2D eigenvalue weighted by Gasteiger charge is 2.19. The Bertz CT molecular complexity index is 952. The Labute approximate surface area is 163 Å². The van der Waals surface area contributed by atoms with Crippen LogP contribution in [0.1, 0.15) is 30.5 Å². The SMILES string of the molecule is CCC(C(=O)NCc1cc(-c2ccc3c(c2)OCCO3)on1)c1ccccc1. The van der Waals surface area contributed by atoms with Gasteiger partial charge < -0.3 is 19.3 Å². The Morgan fingerprint density at radius 1 is 1.07 bits per heavy atom. The third-order valence-electron chi connectivity index (χ3n) is 4.76. The number of nitrogens with zero attached hydrogens (tertiary/aromatic N) is 1. The first-order valence-electron chi connectivity index (χ1n) is 9.43. The third-order valence-corrected chi connectivity index (χ3v) is 4.76. The molecule has 28 heavy (non-hydrogen) atoms. The van der Waals surface area contributed by atoms with Crippen molar-refractivity contribution < 1.29 is 18.8 Å². The number of nitrogens with one attached hydrogen (secondary N) is 1. The van der Waals surface area contributed by atoms with Gasteiger partial charge in [-0.25, -0.2) is 0 Å². The highest BCUT2D eigenvalue weighted by Crippen LogP contribution is 2.34. The monoisotopic (exact) mass is 378 g/mol. The van der Waals surface area contributed by atoms with E-state index in [1.54, 1.807) is 0 Å². The van der Waals surface area contributed by atoms with Crippen molar-refractivity contribution in [2.24, 2.45) is 0 Å². The molecule has 6 heteroatoms. The molecule has 2 heterocycles. The maximum atomic E-state index is 12.6. The van der Waals surface area contributed by atoms with Gasteiger partial charge in [-0.2, -0.15) is 0 Å². The van der Waals surface area contributed by atoms with Crippen LogP contribution in [0.15, 0.2) is 59.1 Å². The number of fused-ring (bicyclic) bond motifs is 1. The summed E-state index contributed by atoms with van der Waals surface area (Å²) in [6, 6.07) is 17.3. The van der Waals surface area contributed by atoms with Crippen molar-refractivity contribution in [3.05, 3.63) is 65.9 Å². The zero-order valence-corrected chi connectivity index (χ0v) is 15.7. The second-order valence-electron chi connectivity index (χ2n) is 6.63. The molecule has 1 aliphatic heterocycles. The van der Waals surface area contributed by atoms with Gasteiger partial charge in [-0.15, -0.1) is 0 Å². The number of amides is 1. The second-order valence-corrected chi connectivity index (χ2v) is 6.63. The molecule has 1 amide bonds. The normalized spacial score (nSPS) is 13.8. The molecule has 1 aromatic heterocycles. The molecule has 0 bridgehead atoms. The molecule has 4 rings (SSSR count). The lowest BCUT2D eigenvalue weighted by atomic mass is 9.96. The summed E-state index contributed by atoms with van der Waals surface area (Å²) in [5.74, 6) is 1.86. The Morgan fingerprint density at radius 2 is 1.86 bits per heavy atom. The quantitative estimate of drug-likeness (QED) is 0.704. The van der Waals surface area contributed by atoms with Crippen LogP contribution < -0.4 is 14.8 Å². The summed E-state index contributed by atoms with van der Waals surface area (Å²) in [6.07, 6.45) is 0.733. The lowest BCUT2D eigenvalue weighted by Gasteiger charge is -2.18. The van der Waals surface area contributed by atoms with E-state index >= 15 is 0 Å². The maximum Gasteiger partial charge on any atom is 0.227 e. The minimum Gasteiger partial charge on any atom is -0.486 e. The molecule has 0 aliphatic carbocycles. The van der Waals surface area contributed by atoms with Crippen molar-refractivity contribution in [1.29, 1.82) is 0 Å². The van der Waals surface area contributed by atoms with Crippen LogP contribution in [0.25, 0.3) is 11.3 Å². The standard InChI is InChI=1S/C22H22N2O4/c1-2-18(15-6-4-3-5-7-15)22(25)23-14-17-13-20(28-24-17)16-8-9-19-21(12-16)27-11-10-26-19/h3-9,12-13,18H,2,10-11,14H2,1H3,(H,23,25). The average molecular weight is 378 g/mol. The first-order chi connectivity index (χ1) is 13.7. The third kappa shape index (κ3) is 3.86. The van der Waals surface area contributed by atoms with E-state index < -0.39 is 0 Å². The second kappa shape index (κ2) is 8.17. The van der Waals surface area contributed by atoms with Crippen molar-refractivity contribution in [2.75, 3.05) is 13.2 Å². The number of benzene rings is 2. The predicted octanol–water partition coefficient (Wildman–Crippen LogP) is 3.92. The zero-order chi connectivity index (χ0) is 19.3. The van der Waals surface area contributed by atoms with Crippen LogP contribution >= 0.6 is 0 Å². The van der Waals surface area contributed by atoms with Gasteiger partial charge in [0.1, 0.15) is 18.9 Å². The molecular weight excluding hydrogens is 356 g/mol. The number of hydrogen-bond acceptors (Lipinski definition) is 5. The first kappa shape index (κ1) is 18.1. The fraction of sp³-hybridized carbons (Fsp3) is 0.273. The van der Waals surface area contributed by atoms with E-state index in [9.17, 15) is 4.79 Å². The van der Waals surface area contributed by atoms with E-state index in [1.807, 2.05) is 61.5 Å². The smallest absolute Gasteiger partial charge is 0.227 e. The topological polar surface area (TPSA) is 73.6 Å². The molecule has 0 saturated carbocycles. The summed E-state index contributed by atoms with van der Waals surface area (Å²) in [5.41, 5.74) is 2.53. The lowest BCUT2D eigenvalue weighted by molar-refractivity contribution is -0.122. The summed E-state index contributed by atoms with van der Waals surface area (Å²) in [6.45, 7) is 3.41. The van der Waals surface area contributed by atoms with Crippen LogP contribution in [0.5, 0.6) is 11.5 Å². The predicted molar refractivity (Wildman–Crippen MR) is 104 cm³/mol. The summed E-state index contributed by atoms with van der Waals surface area (Å²) in [4.78, 5) is 12.6. The van der Waals surface area contributed by atoms with Gasteiger partial charge in [0.15, 0.2) is 17.3 Å². The Hall–Kier alpha value is -3.28. The van der Waals surface area contributed by atoms with Crippen molar-refractivity contribution in [2.45, 2.75) is 25.8 Å². The van der Waals surface area contributed by atoms with Crippen LogP contribution in [-0.2, 0) is 11.3 Å². The Balaban J connectivity index is 1.42.